The number of hydrogen-bond donors (Lipinski definition) is 2. The maximum atomic E-state index is 11.5. The summed E-state index contributed by atoms with van der Waals surface area (Å²) in [5.41, 5.74) is -0.158. The maximum absolute atomic E-state index is 11.5. The monoisotopic (exact) mass is 281 g/mol. The largest absolute Gasteiger partial charge is 0.354 e. The molecular formula is C11H15N5O4. The molecule has 1 aliphatic rings. The minimum Gasteiger partial charge on any atom is -0.354 e. The van der Waals surface area contributed by atoms with E-state index in [4.69, 9.17) is 0 Å². The van der Waals surface area contributed by atoms with Crippen molar-refractivity contribution in [3.63, 3.8) is 0 Å². The van der Waals surface area contributed by atoms with Gasteiger partial charge in [-0.05, 0) is 12.8 Å². The molecular weight excluding hydrogens is 266 g/mol. The minimum absolute atomic E-state index is 0.0296. The molecule has 1 fully saturated rings. The number of carbonyl (C=O) groups is 2. The summed E-state index contributed by atoms with van der Waals surface area (Å²) in [6, 6.07) is 0. The van der Waals surface area contributed by atoms with Gasteiger partial charge in [0.25, 0.3) is 0 Å². The predicted molar refractivity (Wildman–Crippen MR) is 67.6 cm³/mol. The van der Waals surface area contributed by atoms with Crippen LogP contribution in [0.5, 0.6) is 0 Å². The van der Waals surface area contributed by atoms with Gasteiger partial charge in [-0.15, -0.1) is 0 Å². The average Bonchev–Trinajstić information content (AvgIpc) is 3.15. The molecule has 0 saturated heterocycles. The maximum Gasteiger partial charge on any atom is 0.307 e. The van der Waals surface area contributed by atoms with Crippen LogP contribution in [0, 0.1) is 16.0 Å². The van der Waals surface area contributed by atoms with Crippen LogP contribution in [-0.2, 0) is 16.1 Å². The van der Waals surface area contributed by atoms with E-state index in [9.17, 15) is 19.7 Å². The molecule has 0 spiro atoms. The Bertz CT molecular complexity index is 523. The normalized spacial score (nSPS) is 13.8. The van der Waals surface area contributed by atoms with E-state index in [0.29, 0.717) is 13.1 Å². The zero-order valence-electron chi connectivity index (χ0n) is 10.7. The van der Waals surface area contributed by atoms with E-state index >= 15 is 0 Å². The summed E-state index contributed by atoms with van der Waals surface area (Å²) in [7, 11) is 0. The Morgan fingerprint density at radius 3 is 2.70 bits per heavy atom. The summed E-state index contributed by atoms with van der Waals surface area (Å²) in [6.45, 7) is 0.603. The summed E-state index contributed by atoms with van der Waals surface area (Å²) in [5, 5.41) is 19.5. The average molecular weight is 281 g/mol. The van der Waals surface area contributed by atoms with Crippen molar-refractivity contribution in [1.82, 2.24) is 20.4 Å². The zero-order chi connectivity index (χ0) is 14.5. The number of hydrogen-bond acceptors (Lipinski definition) is 5. The Labute approximate surface area is 114 Å². The molecule has 1 aliphatic carbocycles. The van der Waals surface area contributed by atoms with Crippen molar-refractivity contribution in [2.75, 3.05) is 13.1 Å². The van der Waals surface area contributed by atoms with Gasteiger partial charge in [-0.3, -0.25) is 24.4 Å². The quantitative estimate of drug-likeness (QED) is 0.394. The van der Waals surface area contributed by atoms with Crippen LogP contribution in [0.4, 0.5) is 5.69 Å². The van der Waals surface area contributed by atoms with Crippen molar-refractivity contribution in [3.05, 3.63) is 22.5 Å². The van der Waals surface area contributed by atoms with Gasteiger partial charge >= 0.3 is 5.69 Å². The molecule has 9 heteroatoms. The first-order chi connectivity index (χ1) is 9.56. The van der Waals surface area contributed by atoms with Gasteiger partial charge in [-0.1, -0.05) is 0 Å². The molecule has 1 aromatic heterocycles. The molecule has 0 unspecified atom stereocenters. The van der Waals surface area contributed by atoms with Crippen molar-refractivity contribution in [2.24, 2.45) is 5.92 Å². The van der Waals surface area contributed by atoms with Gasteiger partial charge in [0, 0.05) is 19.0 Å². The highest BCUT2D eigenvalue weighted by Crippen LogP contribution is 2.28. The zero-order valence-corrected chi connectivity index (χ0v) is 10.7. The molecule has 0 aromatic carbocycles. The highest BCUT2D eigenvalue weighted by Gasteiger charge is 2.28. The second-order valence-electron chi connectivity index (χ2n) is 4.57. The summed E-state index contributed by atoms with van der Waals surface area (Å²) in [5.74, 6) is -0.138. The fourth-order valence-corrected chi connectivity index (χ4v) is 1.61. The second-order valence-corrected chi connectivity index (χ2v) is 4.57. The SMILES string of the molecule is O=C(Cn1cc([N+](=O)[O-])cn1)NCCNC(=O)C1CC1. The smallest absolute Gasteiger partial charge is 0.307 e. The van der Waals surface area contributed by atoms with E-state index in [2.05, 4.69) is 15.7 Å². The third-order valence-corrected chi connectivity index (χ3v) is 2.83. The molecule has 108 valence electrons. The van der Waals surface area contributed by atoms with Crippen molar-refractivity contribution in [2.45, 2.75) is 19.4 Å². The summed E-state index contributed by atoms with van der Waals surface area (Å²) in [6.07, 6.45) is 4.16. The standard InChI is InChI=1S/C11H15N5O4/c17-10(7-15-6-9(5-14-15)16(19)20)12-3-4-13-11(18)8-1-2-8/h5-6,8H,1-4,7H2,(H,12,17)(H,13,18). The number of carbonyl (C=O) groups excluding carboxylic acids is 2. The van der Waals surface area contributed by atoms with E-state index < -0.39 is 4.92 Å². The van der Waals surface area contributed by atoms with Crippen molar-refractivity contribution in [3.8, 4) is 0 Å². The second kappa shape index (κ2) is 6.13. The first-order valence-electron chi connectivity index (χ1n) is 6.27. The predicted octanol–water partition coefficient (Wildman–Crippen LogP) is -0.566. The number of nitrogens with zero attached hydrogens (tertiary/aromatic N) is 3. The number of rotatable bonds is 7. The Morgan fingerprint density at radius 2 is 2.10 bits per heavy atom. The summed E-state index contributed by atoms with van der Waals surface area (Å²) >= 11 is 0. The fourth-order valence-electron chi connectivity index (χ4n) is 1.61. The lowest BCUT2D eigenvalue weighted by atomic mass is 10.4. The van der Waals surface area contributed by atoms with Gasteiger partial charge in [0.2, 0.25) is 11.8 Å². The topological polar surface area (TPSA) is 119 Å². The fraction of sp³-hybridized carbons (Fsp3) is 0.545. The van der Waals surface area contributed by atoms with Crippen LogP contribution in [0.15, 0.2) is 12.4 Å². The lowest BCUT2D eigenvalue weighted by Gasteiger charge is -2.06. The van der Waals surface area contributed by atoms with Crippen molar-refractivity contribution >= 4 is 17.5 Å². The van der Waals surface area contributed by atoms with Crippen LogP contribution in [0.1, 0.15) is 12.8 Å². The van der Waals surface area contributed by atoms with E-state index in [-0.39, 0.29) is 30.0 Å². The van der Waals surface area contributed by atoms with Gasteiger partial charge in [-0.2, -0.15) is 5.10 Å². The minimum atomic E-state index is -0.575. The Hall–Kier alpha value is -2.45. The van der Waals surface area contributed by atoms with E-state index in [0.717, 1.165) is 19.0 Å². The Balaban J connectivity index is 1.64. The first-order valence-corrected chi connectivity index (χ1v) is 6.27. The van der Waals surface area contributed by atoms with Gasteiger partial charge < -0.3 is 10.6 Å². The van der Waals surface area contributed by atoms with Gasteiger partial charge in [-0.25, -0.2) is 0 Å². The highest BCUT2D eigenvalue weighted by molar-refractivity contribution is 5.81. The van der Waals surface area contributed by atoms with Crippen LogP contribution in [0.25, 0.3) is 0 Å². The first kappa shape index (κ1) is 14.0. The number of nitrogens with one attached hydrogen (secondary N) is 2. The lowest BCUT2D eigenvalue weighted by molar-refractivity contribution is -0.385. The third kappa shape index (κ3) is 4.04. The number of nitro groups is 1. The molecule has 0 radical (unpaired) electrons. The molecule has 1 heterocycles. The van der Waals surface area contributed by atoms with Crippen LogP contribution < -0.4 is 10.6 Å². The molecule has 1 saturated carbocycles. The Morgan fingerprint density at radius 1 is 1.40 bits per heavy atom. The van der Waals surface area contributed by atoms with Crippen molar-refractivity contribution < 1.29 is 14.5 Å². The van der Waals surface area contributed by atoms with Gasteiger partial charge in [0.05, 0.1) is 4.92 Å². The number of amides is 2. The Kier molecular flexibility index (Phi) is 4.28. The van der Waals surface area contributed by atoms with Crippen LogP contribution in [0.2, 0.25) is 0 Å². The molecule has 0 atom stereocenters. The third-order valence-electron chi connectivity index (χ3n) is 2.83. The van der Waals surface area contributed by atoms with Gasteiger partial charge in [0.1, 0.15) is 18.9 Å². The lowest BCUT2D eigenvalue weighted by Crippen LogP contribution is -2.36. The van der Waals surface area contributed by atoms with Crippen LogP contribution in [0.3, 0.4) is 0 Å². The summed E-state index contributed by atoms with van der Waals surface area (Å²) in [4.78, 5) is 32.7. The van der Waals surface area contributed by atoms with Gasteiger partial charge in [0.15, 0.2) is 0 Å². The van der Waals surface area contributed by atoms with Crippen LogP contribution in [-0.4, -0.2) is 39.6 Å². The molecule has 0 bridgehead atoms. The van der Waals surface area contributed by atoms with Crippen molar-refractivity contribution in [1.29, 1.82) is 0 Å². The van der Waals surface area contributed by atoms with E-state index in [1.165, 1.54) is 10.9 Å². The molecule has 2 amide bonds. The molecule has 0 aliphatic heterocycles. The highest BCUT2D eigenvalue weighted by atomic mass is 16.6. The van der Waals surface area contributed by atoms with E-state index in [1.807, 2.05) is 0 Å². The summed E-state index contributed by atoms with van der Waals surface area (Å²) < 4.78 is 1.19. The van der Waals surface area contributed by atoms with E-state index in [1.54, 1.807) is 0 Å². The molecule has 9 nitrogen and oxygen atoms in total. The number of aromatic nitrogens is 2. The molecule has 2 N–H and O–H groups in total. The molecule has 20 heavy (non-hydrogen) atoms. The van der Waals surface area contributed by atoms with Crippen LogP contribution >= 0.6 is 0 Å². The molecule has 1 aromatic rings. The molecule has 2 rings (SSSR count).